The minimum Gasteiger partial charge on any atom is -0.480 e. The summed E-state index contributed by atoms with van der Waals surface area (Å²) in [5.41, 5.74) is 3.06. The number of amides is 1. The van der Waals surface area contributed by atoms with Gasteiger partial charge in [0.15, 0.2) is 0 Å². The van der Waals surface area contributed by atoms with E-state index >= 15 is 0 Å². The highest BCUT2D eigenvalue weighted by atomic mass is 19.1. The fourth-order valence-electron chi connectivity index (χ4n) is 5.22. The van der Waals surface area contributed by atoms with Crippen LogP contribution in [0, 0.1) is 11.6 Å². The Kier molecular flexibility index (Phi) is 6.45. The van der Waals surface area contributed by atoms with E-state index in [0.29, 0.717) is 13.1 Å². The van der Waals surface area contributed by atoms with Gasteiger partial charge in [-0.05, 0) is 53.3 Å². The Labute approximate surface area is 207 Å². The number of hydrogen-bond donors (Lipinski definition) is 2. The summed E-state index contributed by atoms with van der Waals surface area (Å²) in [6.07, 6.45) is -0.559. The van der Waals surface area contributed by atoms with Gasteiger partial charge >= 0.3 is 12.1 Å². The maximum atomic E-state index is 14.0. The fraction of sp³-hybridized carbons (Fsp3) is 0.286. The highest BCUT2D eigenvalue weighted by molar-refractivity contribution is 5.85. The topological polar surface area (TPSA) is 78.9 Å². The first kappa shape index (κ1) is 23.9. The van der Waals surface area contributed by atoms with Crippen LogP contribution in [-0.4, -0.2) is 47.3 Å². The Balaban J connectivity index is 1.22. The first-order valence-electron chi connectivity index (χ1n) is 11.9. The molecule has 1 amide bonds. The molecular weight excluding hydrogens is 466 g/mol. The van der Waals surface area contributed by atoms with Crippen LogP contribution in [-0.2, 0) is 16.1 Å². The van der Waals surface area contributed by atoms with Crippen LogP contribution in [0.2, 0.25) is 0 Å². The number of halogens is 2. The van der Waals surface area contributed by atoms with Crippen LogP contribution in [0.5, 0.6) is 0 Å². The van der Waals surface area contributed by atoms with Gasteiger partial charge in [0, 0.05) is 31.1 Å². The molecule has 0 atom stereocenters. The molecule has 0 radical (unpaired) electrons. The SMILES string of the molecule is O=C(NC1(C(=O)O)CCN(Cc2cc(F)ccc2F)CC1)OCC1c2ccccc2-c2ccccc21. The molecule has 1 heterocycles. The predicted octanol–water partition coefficient (Wildman–Crippen LogP) is 4.92. The van der Waals surface area contributed by atoms with E-state index in [9.17, 15) is 23.5 Å². The largest absolute Gasteiger partial charge is 0.480 e. The van der Waals surface area contributed by atoms with Gasteiger partial charge in [-0.1, -0.05) is 48.5 Å². The van der Waals surface area contributed by atoms with E-state index in [1.54, 1.807) is 0 Å². The zero-order valence-corrected chi connectivity index (χ0v) is 19.5. The third-order valence-electron chi connectivity index (χ3n) is 7.21. The van der Waals surface area contributed by atoms with Crippen LogP contribution in [0.25, 0.3) is 11.1 Å². The van der Waals surface area contributed by atoms with Crippen LogP contribution in [0.4, 0.5) is 13.6 Å². The normalized spacial score (nSPS) is 16.7. The van der Waals surface area contributed by atoms with E-state index in [4.69, 9.17) is 4.74 Å². The van der Waals surface area contributed by atoms with Crippen molar-refractivity contribution in [2.75, 3.05) is 19.7 Å². The molecule has 1 saturated heterocycles. The molecule has 6 nitrogen and oxygen atoms in total. The molecule has 36 heavy (non-hydrogen) atoms. The summed E-state index contributed by atoms with van der Waals surface area (Å²) in [5.74, 6) is -2.32. The first-order valence-corrected chi connectivity index (χ1v) is 11.9. The lowest BCUT2D eigenvalue weighted by atomic mass is 9.87. The molecule has 1 aliphatic heterocycles. The molecule has 3 aromatic carbocycles. The van der Waals surface area contributed by atoms with Gasteiger partial charge in [-0.2, -0.15) is 0 Å². The molecule has 2 aliphatic rings. The highest BCUT2D eigenvalue weighted by Gasteiger charge is 2.43. The number of nitrogens with zero attached hydrogens (tertiary/aromatic N) is 1. The molecule has 0 saturated carbocycles. The number of carboxylic acids is 1. The zero-order chi connectivity index (χ0) is 25.3. The molecule has 0 aromatic heterocycles. The molecule has 0 unspecified atom stereocenters. The average molecular weight is 493 g/mol. The van der Waals surface area contributed by atoms with Crippen molar-refractivity contribution >= 4 is 12.1 Å². The zero-order valence-electron chi connectivity index (χ0n) is 19.5. The van der Waals surface area contributed by atoms with E-state index in [0.717, 1.165) is 40.5 Å². The van der Waals surface area contributed by atoms with Crippen molar-refractivity contribution in [1.82, 2.24) is 10.2 Å². The van der Waals surface area contributed by atoms with Gasteiger partial charge in [-0.15, -0.1) is 0 Å². The molecule has 0 spiro atoms. The van der Waals surface area contributed by atoms with Crippen molar-refractivity contribution in [1.29, 1.82) is 0 Å². The van der Waals surface area contributed by atoms with Gasteiger partial charge in [-0.3, -0.25) is 4.90 Å². The summed E-state index contributed by atoms with van der Waals surface area (Å²) < 4.78 is 33.1. The summed E-state index contributed by atoms with van der Waals surface area (Å²) in [7, 11) is 0. The molecular formula is C28H26F2N2O4. The fourth-order valence-corrected chi connectivity index (χ4v) is 5.22. The third kappa shape index (κ3) is 4.56. The van der Waals surface area contributed by atoms with Gasteiger partial charge in [-0.25, -0.2) is 18.4 Å². The first-order chi connectivity index (χ1) is 17.4. The van der Waals surface area contributed by atoms with Crippen LogP contribution in [0.3, 0.4) is 0 Å². The minimum atomic E-state index is -1.49. The van der Waals surface area contributed by atoms with Crippen LogP contribution < -0.4 is 5.32 Å². The van der Waals surface area contributed by atoms with E-state index in [-0.39, 0.29) is 37.5 Å². The van der Waals surface area contributed by atoms with Gasteiger partial charge < -0.3 is 15.2 Å². The smallest absolute Gasteiger partial charge is 0.408 e. The van der Waals surface area contributed by atoms with Crippen molar-refractivity contribution in [3.8, 4) is 11.1 Å². The maximum Gasteiger partial charge on any atom is 0.408 e. The minimum absolute atomic E-state index is 0.0839. The Bertz CT molecular complexity index is 1260. The van der Waals surface area contributed by atoms with Crippen LogP contribution in [0.1, 0.15) is 35.4 Å². The summed E-state index contributed by atoms with van der Waals surface area (Å²) in [6.45, 7) is 0.836. The van der Waals surface area contributed by atoms with Crippen LogP contribution in [0.15, 0.2) is 66.7 Å². The number of benzene rings is 3. The number of likely N-dealkylation sites (tertiary alicyclic amines) is 1. The number of carboxylic acid groups (broad SMARTS) is 1. The number of rotatable bonds is 6. The van der Waals surface area contributed by atoms with Gasteiger partial charge in [0.25, 0.3) is 0 Å². The number of piperidine rings is 1. The van der Waals surface area contributed by atoms with Crippen molar-refractivity contribution in [2.24, 2.45) is 0 Å². The van der Waals surface area contributed by atoms with Gasteiger partial charge in [0.05, 0.1) is 0 Å². The van der Waals surface area contributed by atoms with E-state index in [1.807, 2.05) is 53.4 Å². The molecule has 3 aromatic rings. The lowest BCUT2D eigenvalue weighted by molar-refractivity contribution is -0.147. The second kappa shape index (κ2) is 9.70. The molecule has 8 heteroatoms. The standard InChI is InChI=1S/C28H26F2N2O4/c29-19-9-10-25(30)18(15-19)16-32-13-11-28(12-14-32,26(33)34)31-27(35)36-17-24-22-7-3-1-5-20(22)21-6-2-4-8-23(21)24/h1-10,15,24H,11-14,16-17H2,(H,31,35)(H,33,34). The second-order valence-electron chi connectivity index (χ2n) is 9.35. The predicted molar refractivity (Wildman–Crippen MR) is 129 cm³/mol. The molecule has 186 valence electrons. The third-order valence-corrected chi connectivity index (χ3v) is 7.21. The summed E-state index contributed by atoms with van der Waals surface area (Å²) in [4.78, 5) is 26.8. The molecule has 0 bridgehead atoms. The van der Waals surface area contributed by atoms with Crippen molar-refractivity contribution in [3.05, 3.63) is 95.1 Å². The Morgan fingerprint density at radius 1 is 0.972 bits per heavy atom. The Morgan fingerprint density at radius 2 is 1.58 bits per heavy atom. The number of carbonyl (C=O) groups is 2. The van der Waals surface area contributed by atoms with Crippen molar-refractivity contribution < 1.29 is 28.2 Å². The van der Waals surface area contributed by atoms with E-state index in [1.165, 1.54) is 0 Å². The summed E-state index contributed by atoms with van der Waals surface area (Å²) in [5, 5.41) is 12.5. The lowest BCUT2D eigenvalue weighted by Crippen LogP contribution is -2.60. The maximum absolute atomic E-state index is 14.0. The number of aliphatic carboxylic acids is 1. The number of fused-ring (bicyclic) bond motifs is 3. The quantitative estimate of drug-likeness (QED) is 0.511. The van der Waals surface area contributed by atoms with Crippen molar-refractivity contribution in [2.45, 2.75) is 30.8 Å². The van der Waals surface area contributed by atoms with Crippen LogP contribution >= 0.6 is 0 Å². The van der Waals surface area contributed by atoms with Gasteiger partial charge in [0.1, 0.15) is 23.8 Å². The number of hydrogen-bond acceptors (Lipinski definition) is 4. The number of alkyl carbamates (subject to hydrolysis) is 1. The van der Waals surface area contributed by atoms with E-state index in [2.05, 4.69) is 5.32 Å². The average Bonchev–Trinajstić information content (AvgIpc) is 3.20. The molecule has 2 N–H and O–H groups in total. The van der Waals surface area contributed by atoms with Crippen molar-refractivity contribution in [3.63, 3.8) is 0 Å². The molecule has 1 aliphatic carbocycles. The monoisotopic (exact) mass is 492 g/mol. The van der Waals surface area contributed by atoms with Gasteiger partial charge in [0.2, 0.25) is 0 Å². The number of ether oxygens (including phenoxy) is 1. The number of nitrogens with one attached hydrogen (secondary N) is 1. The molecule has 1 fully saturated rings. The molecule has 5 rings (SSSR count). The Hall–Kier alpha value is -3.78. The highest BCUT2D eigenvalue weighted by Crippen LogP contribution is 2.44. The lowest BCUT2D eigenvalue weighted by Gasteiger charge is -2.39. The summed E-state index contributed by atoms with van der Waals surface area (Å²) in [6, 6.07) is 19.2. The van der Waals surface area contributed by atoms with E-state index < -0.39 is 29.2 Å². The second-order valence-corrected chi connectivity index (χ2v) is 9.35. The Morgan fingerprint density at radius 3 is 2.19 bits per heavy atom. The summed E-state index contributed by atoms with van der Waals surface area (Å²) >= 11 is 0. The number of carbonyl (C=O) groups excluding carboxylic acids is 1.